The van der Waals surface area contributed by atoms with Crippen molar-refractivity contribution >= 4 is 21.2 Å². The molecule has 0 saturated heterocycles. The second-order valence-electron chi connectivity index (χ2n) is 3.87. The lowest BCUT2D eigenvalue weighted by Crippen LogP contribution is -2.21. The van der Waals surface area contributed by atoms with Crippen LogP contribution in [0.3, 0.4) is 0 Å². The summed E-state index contributed by atoms with van der Waals surface area (Å²) in [4.78, 5) is 0. The molecule has 1 aromatic heterocycles. The van der Waals surface area contributed by atoms with Crippen LogP contribution in [0, 0.1) is 5.82 Å². The molecule has 96 valence electrons. The first-order valence-corrected chi connectivity index (χ1v) is 7.79. The molecule has 1 heterocycles. The fourth-order valence-electron chi connectivity index (χ4n) is 1.57. The minimum atomic E-state index is -3.37. The molecule has 2 aromatic rings. The van der Waals surface area contributed by atoms with E-state index in [-0.39, 0.29) is 11.6 Å². The van der Waals surface area contributed by atoms with Gasteiger partial charge >= 0.3 is 0 Å². The van der Waals surface area contributed by atoms with Gasteiger partial charge in [-0.1, -0.05) is 18.2 Å². The first kappa shape index (κ1) is 13.2. The third kappa shape index (κ3) is 2.95. The van der Waals surface area contributed by atoms with Gasteiger partial charge in [-0.15, -0.1) is 11.3 Å². The Labute approximate surface area is 109 Å². The van der Waals surface area contributed by atoms with Crippen molar-refractivity contribution in [3.63, 3.8) is 0 Å². The number of sulfone groups is 1. The van der Waals surface area contributed by atoms with Gasteiger partial charge in [0.25, 0.3) is 0 Å². The molecule has 1 unspecified atom stereocenters. The highest BCUT2D eigenvalue weighted by atomic mass is 32.2. The topological polar surface area (TPSA) is 60.2 Å². The molecule has 6 heteroatoms. The largest absolute Gasteiger partial charge is 0.323 e. The number of hydrogen-bond acceptors (Lipinski definition) is 4. The summed E-state index contributed by atoms with van der Waals surface area (Å²) in [6, 6.07) is 8.13. The van der Waals surface area contributed by atoms with E-state index in [1.807, 2.05) is 0 Å². The van der Waals surface area contributed by atoms with Gasteiger partial charge in [0.2, 0.25) is 0 Å². The standard InChI is InChI=1S/C12H12FNO2S2/c13-10-5-3-9(4-6-10)11(14)8-18(15,16)12-2-1-7-17-12/h1-7,11H,8,14H2. The Hall–Kier alpha value is -1.24. The zero-order chi connectivity index (χ0) is 13.2. The van der Waals surface area contributed by atoms with E-state index in [9.17, 15) is 12.8 Å². The van der Waals surface area contributed by atoms with Crippen LogP contribution < -0.4 is 5.73 Å². The minimum absolute atomic E-state index is 0.181. The molecule has 2 N–H and O–H groups in total. The second kappa shape index (κ2) is 5.17. The minimum Gasteiger partial charge on any atom is -0.323 e. The van der Waals surface area contributed by atoms with E-state index >= 15 is 0 Å². The maximum atomic E-state index is 12.8. The predicted molar refractivity (Wildman–Crippen MR) is 69.7 cm³/mol. The summed E-state index contributed by atoms with van der Waals surface area (Å²) >= 11 is 1.17. The molecule has 2 rings (SSSR count). The van der Waals surface area contributed by atoms with Crippen molar-refractivity contribution in [1.29, 1.82) is 0 Å². The highest BCUT2D eigenvalue weighted by Crippen LogP contribution is 2.22. The van der Waals surface area contributed by atoms with Gasteiger partial charge in [-0.3, -0.25) is 0 Å². The van der Waals surface area contributed by atoms with Crippen LogP contribution >= 0.6 is 11.3 Å². The van der Waals surface area contributed by atoms with Gasteiger partial charge < -0.3 is 5.73 Å². The molecular weight excluding hydrogens is 273 g/mol. The number of nitrogens with two attached hydrogens (primary N) is 1. The van der Waals surface area contributed by atoms with Gasteiger partial charge in [0, 0.05) is 6.04 Å². The number of hydrogen-bond donors (Lipinski definition) is 1. The van der Waals surface area contributed by atoms with Gasteiger partial charge in [-0.2, -0.15) is 0 Å². The van der Waals surface area contributed by atoms with E-state index in [1.165, 1.54) is 35.6 Å². The highest BCUT2D eigenvalue weighted by Gasteiger charge is 2.20. The Kier molecular flexibility index (Phi) is 3.79. The molecule has 1 atom stereocenters. The Morgan fingerprint density at radius 2 is 1.89 bits per heavy atom. The molecule has 0 aliphatic carbocycles. The summed E-state index contributed by atoms with van der Waals surface area (Å²) < 4.78 is 37.1. The zero-order valence-electron chi connectivity index (χ0n) is 9.41. The molecule has 0 radical (unpaired) electrons. The Morgan fingerprint density at radius 1 is 1.22 bits per heavy atom. The first-order valence-electron chi connectivity index (χ1n) is 5.26. The Balaban J connectivity index is 2.17. The van der Waals surface area contributed by atoms with Crippen LogP contribution in [0.25, 0.3) is 0 Å². The van der Waals surface area contributed by atoms with E-state index in [4.69, 9.17) is 5.73 Å². The van der Waals surface area contributed by atoms with E-state index in [0.717, 1.165) is 0 Å². The summed E-state index contributed by atoms with van der Waals surface area (Å²) in [5.74, 6) is -0.550. The Morgan fingerprint density at radius 3 is 2.44 bits per heavy atom. The summed E-state index contributed by atoms with van der Waals surface area (Å²) in [7, 11) is -3.37. The van der Waals surface area contributed by atoms with Crippen molar-refractivity contribution in [2.75, 3.05) is 5.75 Å². The fourth-order valence-corrected chi connectivity index (χ4v) is 4.09. The van der Waals surface area contributed by atoms with Crippen molar-refractivity contribution < 1.29 is 12.8 Å². The summed E-state index contributed by atoms with van der Waals surface area (Å²) in [6.45, 7) is 0. The van der Waals surface area contributed by atoms with E-state index in [2.05, 4.69) is 0 Å². The van der Waals surface area contributed by atoms with Crippen molar-refractivity contribution in [2.45, 2.75) is 10.3 Å². The average molecular weight is 285 g/mol. The van der Waals surface area contributed by atoms with Crippen LogP contribution in [0.4, 0.5) is 4.39 Å². The molecular formula is C12H12FNO2S2. The molecule has 3 nitrogen and oxygen atoms in total. The van der Waals surface area contributed by atoms with Crippen LogP contribution in [0.15, 0.2) is 46.0 Å². The molecule has 0 aliphatic rings. The van der Waals surface area contributed by atoms with Crippen LogP contribution in [0.5, 0.6) is 0 Å². The van der Waals surface area contributed by atoms with Crippen molar-refractivity contribution in [2.24, 2.45) is 5.73 Å². The molecule has 0 fully saturated rings. The van der Waals surface area contributed by atoms with Crippen LogP contribution in [-0.4, -0.2) is 14.2 Å². The maximum absolute atomic E-state index is 12.8. The molecule has 1 aromatic carbocycles. The first-order chi connectivity index (χ1) is 8.49. The molecule has 0 aliphatic heterocycles. The summed E-state index contributed by atoms with van der Waals surface area (Å²) in [5, 5.41) is 1.70. The number of benzene rings is 1. The molecule has 18 heavy (non-hydrogen) atoms. The van der Waals surface area contributed by atoms with Crippen molar-refractivity contribution in [3.8, 4) is 0 Å². The number of thiophene rings is 1. The van der Waals surface area contributed by atoms with E-state index < -0.39 is 15.9 Å². The van der Waals surface area contributed by atoms with Crippen LogP contribution in [-0.2, 0) is 9.84 Å². The van der Waals surface area contributed by atoms with Crippen LogP contribution in [0.1, 0.15) is 11.6 Å². The zero-order valence-corrected chi connectivity index (χ0v) is 11.0. The van der Waals surface area contributed by atoms with Crippen molar-refractivity contribution in [3.05, 3.63) is 53.2 Å². The summed E-state index contributed by atoms with van der Waals surface area (Å²) in [5.41, 5.74) is 6.45. The van der Waals surface area contributed by atoms with Gasteiger partial charge in [0.15, 0.2) is 9.84 Å². The lowest BCUT2D eigenvalue weighted by atomic mass is 10.1. The summed E-state index contributed by atoms with van der Waals surface area (Å²) in [6.07, 6.45) is 0. The van der Waals surface area contributed by atoms with E-state index in [0.29, 0.717) is 9.77 Å². The quantitative estimate of drug-likeness (QED) is 0.938. The molecule has 0 amide bonds. The SMILES string of the molecule is NC(CS(=O)(=O)c1cccs1)c1ccc(F)cc1. The van der Waals surface area contributed by atoms with Crippen LogP contribution in [0.2, 0.25) is 0 Å². The smallest absolute Gasteiger partial charge is 0.189 e. The normalized spacial score (nSPS) is 13.4. The molecule has 0 saturated carbocycles. The molecule has 0 spiro atoms. The van der Waals surface area contributed by atoms with Gasteiger partial charge in [-0.25, -0.2) is 12.8 Å². The third-order valence-electron chi connectivity index (χ3n) is 2.50. The Bertz CT molecular complexity index is 606. The monoisotopic (exact) mass is 285 g/mol. The lowest BCUT2D eigenvalue weighted by molar-refractivity contribution is 0.590. The van der Waals surface area contributed by atoms with Crippen molar-refractivity contribution in [1.82, 2.24) is 0 Å². The second-order valence-corrected chi connectivity index (χ2v) is 7.08. The van der Waals surface area contributed by atoms with Gasteiger partial charge in [0.1, 0.15) is 10.0 Å². The number of rotatable bonds is 4. The van der Waals surface area contributed by atoms with Gasteiger partial charge in [-0.05, 0) is 29.1 Å². The lowest BCUT2D eigenvalue weighted by Gasteiger charge is -2.11. The van der Waals surface area contributed by atoms with E-state index in [1.54, 1.807) is 17.5 Å². The predicted octanol–water partition coefficient (Wildman–Crippen LogP) is 2.36. The average Bonchev–Trinajstić information content (AvgIpc) is 2.83. The fraction of sp³-hybridized carbons (Fsp3) is 0.167. The molecule has 0 bridgehead atoms. The van der Waals surface area contributed by atoms with Gasteiger partial charge in [0.05, 0.1) is 5.75 Å². The third-order valence-corrected chi connectivity index (χ3v) is 5.76. The maximum Gasteiger partial charge on any atom is 0.189 e. The number of halogens is 1. The highest BCUT2D eigenvalue weighted by molar-refractivity contribution is 7.93.